The van der Waals surface area contributed by atoms with Crippen LogP contribution in [-0.4, -0.2) is 21.8 Å². The maximum absolute atomic E-state index is 9.84. The number of aromatic nitrogens is 2. The molecule has 4 nitrogen and oxygen atoms in total. The molecule has 0 radical (unpaired) electrons. The van der Waals surface area contributed by atoms with Crippen molar-refractivity contribution in [1.82, 2.24) is 15.5 Å². The molecular formula is C14H18BrN3O. The summed E-state index contributed by atoms with van der Waals surface area (Å²) >= 11 is 3.31. The van der Waals surface area contributed by atoms with Crippen LogP contribution in [0.1, 0.15) is 23.2 Å². The van der Waals surface area contributed by atoms with Crippen molar-refractivity contribution in [2.45, 2.75) is 26.3 Å². The molecule has 0 spiro atoms. The fourth-order valence-corrected chi connectivity index (χ4v) is 2.36. The Morgan fingerprint density at radius 2 is 2.21 bits per heavy atom. The van der Waals surface area contributed by atoms with Crippen molar-refractivity contribution in [2.24, 2.45) is 0 Å². The van der Waals surface area contributed by atoms with Gasteiger partial charge in [0, 0.05) is 17.8 Å². The molecule has 102 valence electrons. The van der Waals surface area contributed by atoms with Crippen LogP contribution in [0.25, 0.3) is 0 Å². The van der Waals surface area contributed by atoms with Gasteiger partial charge in [0.25, 0.3) is 0 Å². The van der Waals surface area contributed by atoms with Gasteiger partial charge >= 0.3 is 0 Å². The molecule has 0 amide bonds. The second kappa shape index (κ2) is 6.73. The zero-order valence-corrected chi connectivity index (χ0v) is 12.5. The molecule has 0 fully saturated rings. The molecule has 0 atom stereocenters. The van der Waals surface area contributed by atoms with E-state index >= 15 is 0 Å². The molecule has 2 aromatic rings. The number of aromatic hydroxyl groups is 1. The van der Waals surface area contributed by atoms with E-state index in [4.69, 9.17) is 0 Å². The van der Waals surface area contributed by atoms with Crippen LogP contribution < -0.4 is 5.32 Å². The predicted molar refractivity (Wildman–Crippen MR) is 79.2 cm³/mol. The Morgan fingerprint density at radius 3 is 2.95 bits per heavy atom. The maximum Gasteiger partial charge on any atom is 0.134 e. The molecule has 0 bridgehead atoms. The summed E-state index contributed by atoms with van der Waals surface area (Å²) in [6, 6.07) is 5.68. The molecule has 1 aromatic carbocycles. The minimum Gasteiger partial charge on any atom is -0.506 e. The van der Waals surface area contributed by atoms with Gasteiger partial charge in [0.05, 0.1) is 10.7 Å². The first-order chi connectivity index (χ1) is 9.18. The second-order valence-corrected chi connectivity index (χ2v) is 5.40. The minimum absolute atomic E-state index is 0.320. The van der Waals surface area contributed by atoms with E-state index in [1.807, 2.05) is 31.3 Å². The Kier molecular flexibility index (Phi) is 4.99. The molecule has 0 aliphatic heterocycles. The first-order valence-corrected chi connectivity index (χ1v) is 7.13. The van der Waals surface area contributed by atoms with Gasteiger partial charge in [-0.3, -0.25) is 5.10 Å². The number of nitrogens with zero attached hydrogens (tertiary/aromatic N) is 1. The SMILES string of the molecule is Cc1[nH]ncc1CCCNCc1cccc(Br)c1O. The van der Waals surface area contributed by atoms with Crippen molar-refractivity contribution in [3.05, 3.63) is 45.7 Å². The number of para-hydroxylation sites is 1. The summed E-state index contributed by atoms with van der Waals surface area (Å²) in [5, 5.41) is 20.1. The molecule has 5 heteroatoms. The highest BCUT2D eigenvalue weighted by atomic mass is 79.9. The first kappa shape index (κ1) is 14.1. The molecule has 0 saturated heterocycles. The Morgan fingerprint density at radius 1 is 1.37 bits per heavy atom. The van der Waals surface area contributed by atoms with E-state index in [0.717, 1.165) is 35.1 Å². The molecule has 0 unspecified atom stereocenters. The highest BCUT2D eigenvalue weighted by Crippen LogP contribution is 2.27. The molecule has 3 N–H and O–H groups in total. The van der Waals surface area contributed by atoms with Crippen molar-refractivity contribution in [1.29, 1.82) is 0 Å². The van der Waals surface area contributed by atoms with Gasteiger partial charge in [0.15, 0.2) is 0 Å². The lowest BCUT2D eigenvalue weighted by atomic mass is 10.1. The summed E-state index contributed by atoms with van der Waals surface area (Å²) in [4.78, 5) is 0. The summed E-state index contributed by atoms with van der Waals surface area (Å²) < 4.78 is 0.737. The predicted octanol–water partition coefficient (Wildman–Crippen LogP) is 2.91. The zero-order valence-electron chi connectivity index (χ0n) is 10.9. The number of aryl methyl sites for hydroxylation is 2. The monoisotopic (exact) mass is 323 g/mol. The third-order valence-corrected chi connectivity index (χ3v) is 3.76. The highest BCUT2D eigenvalue weighted by Gasteiger charge is 2.04. The van der Waals surface area contributed by atoms with Crippen molar-refractivity contribution in [3.8, 4) is 5.75 Å². The van der Waals surface area contributed by atoms with Gasteiger partial charge in [-0.15, -0.1) is 0 Å². The van der Waals surface area contributed by atoms with Crippen LogP contribution in [0.2, 0.25) is 0 Å². The number of benzene rings is 1. The van der Waals surface area contributed by atoms with Crippen LogP contribution in [0.5, 0.6) is 5.75 Å². The smallest absolute Gasteiger partial charge is 0.134 e. The average Bonchev–Trinajstić information content (AvgIpc) is 2.80. The average molecular weight is 324 g/mol. The fourth-order valence-electron chi connectivity index (χ4n) is 1.96. The van der Waals surface area contributed by atoms with Crippen LogP contribution in [0.15, 0.2) is 28.9 Å². The summed E-state index contributed by atoms with van der Waals surface area (Å²) in [6.45, 7) is 3.63. The first-order valence-electron chi connectivity index (χ1n) is 6.34. The Labute approximate surface area is 121 Å². The summed E-state index contributed by atoms with van der Waals surface area (Å²) in [5.74, 6) is 0.320. The van der Waals surface area contributed by atoms with Gasteiger partial charge in [-0.2, -0.15) is 5.10 Å². The number of nitrogens with one attached hydrogen (secondary N) is 2. The fraction of sp³-hybridized carbons (Fsp3) is 0.357. The molecular weight excluding hydrogens is 306 g/mol. The number of aromatic amines is 1. The van der Waals surface area contributed by atoms with Gasteiger partial charge in [-0.1, -0.05) is 12.1 Å². The van der Waals surface area contributed by atoms with Gasteiger partial charge in [0.1, 0.15) is 5.75 Å². The van der Waals surface area contributed by atoms with E-state index in [2.05, 4.69) is 31.4 Å². The Balaban J connectivity index is 1.72. The number of hydrogen-bond acceptors (Lipinski definition) is 3. The van der Waals surface area contributed by atoms with Gasteiger partial charge in [-0.25, -0.2) is 0 Å². The van der Waals surface area contributed by atoms with E-state index in [1.54, 1.807) is 0 Å². The summed E-state index contributed by atoms with van der Waals surface area (Å²) in [5.41, 5.74) is 3.32. The van der Waals surface area contributed by atoms with Crippen LogP contribution in [-0.2, 0) is 13.0 Å². The van der Waals surface area contributed by atoms with E-state index < -0.39 is 0 Å². The van der Waals surface area contributed by atoms with Crippen molar-refractivity contribution >= 4 is 15.9 Å². The number of halogens is 1. The zero-order chi connectivity index (χ0) is 13.7. The van der Waals surface area contributed by atoms with E-state index in [-0.39, 0.29) is 0 Å². The van der Waals surface area contributed by atoms with Crippen LogP contribution >= 0.6 is 15.9 Å². The number of H-pyrrole nitrogens is 1. The van der Waals surface area contributed by atoms with E-state index in [9.17, 15) is 5.11 Å². The minimum atomic E-state index is 0.320. The number of phenolic OH excluding ortho intramolecular Hbond substituents is 1. The second-order valence-electron chi connectivity index (χ2n) is 4.55. The number of phenols is 1. The van der Waals surface area contributed by atoms with Crippen molar-refractivity contribution < 1.29 is 5.11 Å². The van der Waals surface area contributed by atoms with E-state index in [1.165, 1.54) is 5.56 Å². The molecule has 2 rings (SSSR count). The third-order valence-electron chi connectivity index (χ3n) is 3.12. The highest BCUT2D eigenvalue weighted by molar-refractivity contribution is 9.10. The normalized spacial score (nSPS) is 10.8. The quantitative estimate of drug-likeness (QED) is 0.716. The van der Waals surface area contributed by atoms with Crippen LogP contribution in [0.3, 0.4) is 0 Å². The molecule has 19 heavy (non-hydrogen) atoms. The van der Waals surface area contributed by atoms with Crippen molar-refractivity contribution in [2.75, 3.05) is 6.54 Å². The Hall–Kier alpha value is -1.33. The van der Waals surface area contributed by atoms with Gasteiger partial charge < -0.3 is 10.4 Å². The molecule has 0 saturated carbocycles. The summed E-state index contributed by atoms with van der Waals surface area (Å²) in [6.07, 6.45) is 3.95. The summed E-state index contributed by atoms with van der Waals surface area (Å²) in [7, 11) is 0. The standard InChI is InChI=1S/C14H18BrN3O/c1-10-11(9-17-18-10)5-3-7-16-8-12-4-2-6-13(15)14(12)19/h2,4,6,9,16,19H,3,5,7-8H2,1H3,(H,17,18). The maximum atomic E-state index is 9.84. The lowest BCUT2D eigenvalue weighted by molar-refractivity contribution is 0.461. The van der Waals surface area contributed by atoms with Crippen LogP contribution in [0, 0.1) is 6.92 Å². The third kappa shape index (κ3) is 3.81. The Bertz CT molecular complexity index is 539. The number of rotatable bonds is 6. The lowest BCUT2D eigenvalue weighted by Crippen LogP contribution is -2.15. The topological polar surface area (TPSA) is 60.9 Å². The molecule has 0 aliphatic rings. The van der Waals surface area contributed by atoms with Crippen molar-refractivity contribution in [3.63, 3.8) is 0 Å². The van der Waals surface area contributed by atoms with Crippen LogP contribution in [0.4, 0.5) is 0 Å². The van der Waals surface area contributed by atoms with Gasteiger partial charge in [-0.05, 0) is 53.9 Å². The molecule has 0 aliphatic carbocycles. The molecule has 1 heterocycles. The number of hydrogen-bond donors (Lipinski definition) is 3. The molecule has 1 aromatic heterocycles. The van der Waals surface area contributed by atoms with Gasteiger partial charge in [0.2, 0.25) is 0 Å². The largest absolute Gasteiger partial charge is 0.506 e. The lowest BCUT2D eigenvalue weighted by Gasteiger charge is -2.07. The van der Waals surface area contributed by atoms with E-state index in [0.29, 0.717) is 12.3 Å².